The van der Waals surface area contributed by atoms with Crippen molar-refractivity contribution in [2.24, 2.45) is 5.41 Å². The van der Waals surface area contributed by atoms with Crippen LogP contribution in [-0.4, -0.2) is 24.9 Å². The number of benzene rings is 1. The average Bonchev–Trinajstić information content (AvgIpc) is 2.29. The zero-order valence-corrected chi connectivity index (χ0v) is 11.7. The number of aliphatic hydroxyl groups is 1. The fourth-order valence-corrected chi connectivity index (χ4v) is 1.85. The van der Waals surface area contributed by atoms with Crippen LogP contribution in [0.1, 0.15) is 27.2 Å². The fraction of sp³-hybridized carbons (Fsp3) is 0.571. The van der Waals surface area contributed by atoms with Crippen molar-refractivity contribution in [2.45, 2.75) is 33.2 Å². The highest BCUT2D eigenvalue weighted by molar-refractivity contribution is 5.61. The van der Waals surface area contributed by atoms with E-state index in [1.807, 2.05) is 18.2 Å². The SMILES string of the molecule is COc1cc(NC(CCO)C(C)(C)C)ccc1N. The van der Waals surface area contributed by atoms with Gasteiger partial charge in [-0.3, -0.25) is 0 Å². The summed E-state index contributed by atoms with van der Waals surface area (Å²) in [5, 5.41) is 12.6. The van der Waals surface area contributed by atoms with Gasteiger partial charge in [0, 0.05) is 24.4 Å². The maximum absolute atomic E-state index is 9.14. The molecule has 0 saturated carbocycles. The van der Waals surface area contributed by atoms with Crippen LogP contribution in [0.2, 0.25) is 0 Å². The third kappa shape index (κ3) is 3.81. The summed E-state index contributed by atoms with van der Waals surface area (Å²) in [7, 11) is 1.60. The van der Waals surface area contributed by atoms with Gasteiger partial charge in [-0.15, -0.1) is 0 Å². The molecule has 0 amide bonds. The third-order valence-corrected chi connectivity index (χ3v) is 3.04. The van der Waals surface area contributed by atoms with E-state index in [0.717, 1.165) is 5.69 Å². The molecule has 0 fully saturated rings. The van der Waals surface area contributed by atoms with Gasteiger partial charge in [-0.25, -0.2) is 0 Å². The number of aliphatic hydroxyl groups excluding tert-OH is 1. The lowest BCUT2D eigenvalue weighted by Gasteiger charge is -2.32. The summed E-state index contributed by atoms with van der Waals surface area (Å²) in [4.78, 5) is 0. The molecule has 102 valence electrons. The molecule has 4 heteroatoms. The Morgan fingerprint density at radius 2 is 2.06 bits per heavy atom. The van der Waals surface area contributed by atoms with Crippen molar-refractivity contribution in [1.82, 2.24) is 0 Å². The molecule has 0 aliphatic rings. The van der Waals surface area contributed by atoms with E-state index in [0.29, 0.717) is 17.9 Å². The van der Waals surface area contributed by atoms with Gasteiger partial charge < -0.3 is 20.9 Å². The number of hydrogen-bond donors (Lipinski definition) is 3. The van der Waals surface area contributed by atoms with Crippen molar-refractivity contribution in [2.75, 3.05) is 24.8 Å². The number of nitrogen functional groups attached to an aromatic ring is 1. The summed E-state index contributed by atoms with van der Waals surface area (Å²) in [6, 6.07) is 5.81. The lowest BCUT2D eigenvalue weighted by atomic mass is 9.85. The van der Waals surface area contributed by atoms with Crippen LogP contribution in [-0.2, 0) is 0 Å². The summed E-state index contributed by atoms with van der Waals surface area (Å²) < 4.78 is 5.20. The summed E-state index contributed by atoms with van der Waals surface area (Å²) in [5.41, 5.74) is 7.43. The minimum atomic E-state index is 0.0668. The molecule has 0 saturated heterocycles. The van der Waals surface area contributed by atoms with Crippen LogP contribution in [0.3, 0.4) is 0 Å². The molecule has 0 heterocycles. The highest BCUT2D eigenvalue weighted by atomic mass is 16.5. The normalized spacial score (nSPS) is 13.2. The molecule has 1 rings (SSSR count). The highest BCUT2D eigenvalue weighted by Crippen LogP contribution is 2.29. The molecule has 18 heavy (non-hydrogen) atoms. The van der Waals surface area contributed by atoms with E-state index in [-0.39, 0.29) is 18.1 Å². The maximum Gasteiger partial charge on any atom is 0.143 e. The molecule has 0 spiro atoms. The van der Waals surface area contributed by atoms with E-state index in [1.165, 1.54) is 0 Å². The largest absolute Gasteiger partial charge is 0.495 e. The predicted molar refractivity (Wildman–Crippen MR) is 76.0 cm³/mol. The molecular formula is C14H24N2O2. The van der Waals surface area contributed by atoms with E-state index < -0.39 is 0 Å². The van der Waals surface area contributed by atoms with E-state index in [2.05, 4.69) is 26.1 Å². The molecule has 0 radical (unpaired) electrons. The van der Waals surface area contributed by atoms with Gasteiger partial charge in [-0.2, -0.15) is 0 Å². The number of methoxy groups -OCH3 is 1. The Bertz CT molecular complexity index is 386. The predicted octanol–water partition coefficient (Wildman–Crippen LogP) is 2.49. The minimum Gasteiger partial charge on any atom is -0.495 e. The summed E-state index contributed by atoms with van der Waals surface area (Å²) in [6.45, 7) is 6.61. The van der Waals surface area contributed by atoms with Crippen LogP contribution in [0, 0.1) is 5.41 Å². The van der Waals surface area contributed by atoms with Gasteiger partial charge in [0.05, 0.1) is 12.8 Å². The Hall–Kier alpha value is -1.42. The standard InChI is InChI=1S/C14H24N2O2/c1-14(2,3)13(7-8-17)16-10-5-6-11(15)12(9-10)18-4/h5-6,9,13,16-17H,7-8,15H2,1-4H3. The number of anilines is 2. The Labute approximate surface area is 109 Å². The number of rotatable bonds is 5. The smallest absolute Gasteiger partial charge is 0.143 e. The monoisotopic (exact) mass is 252 g/mol. The van der Waals surface area contributed by atoms with Gasteiger partial charge in [-0.1, -0.05) is 20.8 Å². The molecule has 1 aromatic carbocycles. The third-order valence-electron chi connectivity index (χ3n) is 3.04. The minimum absolute atomic E-state index is 0.0668. The van der Waals surface area contributed by atoms with Crippen LogP contribution in [0.15, 0.2) is 18.2 Å². The van der Waals surface area contributed by atoms with Crippen molar-refractivity contribution >= 4 is 11.4 Å². The first-order chi connectivity index (χ1) is 8.38. The summed E-state index contributed by atoms with van der Waals surface area (Å²) in [6.07, 6.45) is 0.705. The van der Waals surface area contributed by atoms with Gasteiger partial charge in [0.1, 0.15) is 5.75 Å². The first kappa shape index (κ1) is 14.6. The van der Waals surface area contributed by atoms with E-state index >= 15 is 0 Å². The van der Waals surface area contributed by atoms with E-state index in [9.17, 15) is 0 Å². The zero-order valence-electron chi connectivity index (χ0n) is 11.7. The van der Waals surface area contributed by atoms with Gasteiger partial charge in [0.25, 0.3) is 0 Å². The van der Waals surface area contributed by atoms with Crippen molar-refractivity contribution in [3.8, 4) is 5.75 Å². The van der Waals surface area contributed by atoms with Crippen LogP contribution < -0.4 is 15.8 Å². The van der Waals surface area contributed by atoms with Crippen molar-refractivity contribution in [3.63, 3.8) is 0 Å². The van der Waals surface area contributed by atoms with Crippen molar-refractivity contribution in [3.05, 3.63) is 18.2 Å². The topological polar surface area (TPSA) is 67.5 Å². The average molecular weight is 252 g/mol. The van der Waals surface area contributed by atoms with Gasteiger partial charge >= 0.3 is 0 Å². The van der Waals surface area contributed by atoms with Crippen molar-refractivity contribution < 1.29 is 9.84 Å². The molecule has 1 atom stereocenters. The second-order valence-corrected chi connectivity index (χ2v) is 5.53. The molecule has 0 aliphatic carbocycles. The second-order valence-electron chi connectivity index (χ2n) is 5.53. The molecular weight excluding hydrogens is 228 g/mol. The molecule has 4 N–H and O–H groups in total. The summed E-state index contributed by atoms with van der Waals surface area (Å²) >= 11 is 0. The van der Waals surface area contributed by atoms with Crippen LogP contribution in [0.5, 0.6) is 5.75 Å². The van der Waals surface area contributed by atoms with Crippen molar-refractivity contribution in [1.29, 1.82) is 0 Å². The number of nitrogens with two attached hydrogens (primary N) is 1. The first-order valence-corrected chi connectivity index (χ1v) is 6.19. The molecule has 0 aromatic heterocycles. The van der Waals surface area contributed by atoms with E-state index in [1.54, 1.807) is 7.11 Å². The van der Waals surface area contributed by atoms with Gasteiger partial charge in [0.2, 0.25) is 0 Å². The first-order valence-electron chi connectivity index (χ1n) is 6.19. The van der Waals surface area contributed by atoms with Gasteiger partial charge in [0.15, 0.2) is 0 Å². The number of nitrogens with one attached hydrogen (secondary N) is 1. The molecule has 0 bridgehead atoms. The molecule has 4 nitrogen and oxygen atoms in total. The molecule has 1 unspecified atom stereocenters. The van der Waals surface area contributed by atoms with Crippen LogP contribution >= 0.6 is 0 Å². The Balaban J connectivity index is 2.87. The van der Waals surface area contributed by atoms with Gasteiger partial charge in [-0.05, 0) is 24.0 Å². The van der Waals surface area contributed by atoms with Crippen LogP contribution in [0.4, 0.5) is 11.4 Å². The summed E-state index contributed by atoms with van der Waals surface area (Å²) in [5.74, 6) is 0.664. The maximum atomic E-state index is 9.14. The quantitative estimate of drug-likeness (QED) is 0.704. The fourth-order valence-electron chi connectivity index (χ4n) is 1.85. The molecule has 0 aliphatic heterocycles. The number of hydrogen-bond acceptors (Lipinski definition) is 4. The Morgan fingerprint density at radius 1 is 1.39 bits per heavy atom. The van der Waals surface area contributed by atoms with E-state index in [4.69, 9.17) is 15.6 Å². The number of ether oxygens (including phenoxy) is 1. The lowest BCUT2D eigenvalue weighted by Crippen LogP contribution is -2.34. The zero-order chi connectivity index (χ0) is 13.8. The Kier molecular flexibility index (Phi) is 4.84. The van der Waals surface area contributed by atoms with Crippen LogP contribution in [0.25, 0.3) is 0 Å². The molecule has 1 aromatic rings. The Morgan fingerprint density at radius 3 is 2.56 bits per heavy atom. The second kappa shape index (κ2) is 5.96. The highest BCUT2D eigenvalue weighted by Gasteiger charge is 2.24. The lowest BCUT2D eigenvalue weighted by molar-refractivity contribution is 0.235.